The average Bonchev–Trinajstić information content (AvgIpc) is 3.13. The van der Waals surface area contributed by atoms with Crippen LogP contribution in [0.3, 0.4) is 0 Å². The summed E-state index contributed by atoms with van der Waals surface area (Å²) in [7, 11) is 0. The first-order chi connectivity index (χ1) is 15.2. The van der Waals surface area contributed by atoms with E-state index in [-0.39, 0.29) is 11.3 Å². The zero-order chi connectivity index (χ0) is 22.9. The third kappa shape index (κ3) is 4.53. The van der Waals surface area contributed by atoms with E-state index >= 15 is 0 Å². The number of hydrogen-bond donors (Lipinski definition) is 1. The van der Waals surface area contributed by atoms with Crippen LogP contribution in [0, 0.1) is 0 Å². The number of carbonyl (C=O) groups is 2. The smallest absolute Gasteiger partial charge is 0.342 e. The molecule has 0 fully saturated rings. The zero-order valence-electron chi connectivity index (χ0n) is 16.5. The van der Waals surface area contributed by atoms with Gasteiger partial charge in [-0.15, -0.1) is 0 Å². The van der Waals surface area contributed by atoms with Gasteiger partial charge in [-0.2, -0.15) is 13.2 Å². The maximum Gasteiger partial charge on any atom is 0.416 e. The van der Waals surface area contributed by atoms with Crippen molar-refractivity contribution in [2.45, 2.75) is 12.7 Å². The van der Waals surface area contributed by atoms with Gasteiger partial charge in [-0.1, -0.05) is 48.0 Å². The van der Waals surface area contributed by atoms with Crippen LogP contribution in [-0.2, 0) is 17.5 Å². The maximum absolute atomic E-state index is 12.9. The third-order valence-corrected chi connectivity index (χ3v) is 5.21. The molecule has 1 N–H and O–H groups in total. The molecule has 4 nitrogen and oxygen atoms in total. The quantitative estimate of drug-likeness (QED) is 0.288. The number of nitrogens with one attached hydrogen (secondary N) is 1. The molecular formula is C24H16ClF3N2O2. The van der Waals surface area contributed by atoms with Crippen LogP contribution in [0.15, 0.2) is 79.0 Å². The molecule has 0 saturated heterocycles. The number of fused-ring (bicyclic) bond motifs is 1. The molecule has 0 radical (unpaired) electrons. The Labute approximate surface area is 186 Å². The lowest BCUT2D eigenvalue weighted by atomic mass is 10.1. The fourth-order valence-corrected chi connectivity index (χ4v) is 3.55. The molecule has 1 aromatic heterocycles. The highest BCUT2D eigenvalue weighted by Gasteiger charge is 2.31. The Kier molecular flexibility index (Phi) is 5.76. The van der Waals surface area contributed by atoms with Crippen molar-refractivity contribution in [1.82, 2.24) is 4.57 Å². The minimum atomic E-state index is -4.56. The maximum atomic E-state index is 12.9. The second kappa shape index (κ2) is 8.51. The van der Waals surface area contributed by atoms with Crippen molar-refractivity contribution in [1.29, 1.82) is 0 Å². The molecule has 0 bridgehead atoms. The topological polar surface area (TPSA) is 51.1 Å². The number of halogens is 4. The van der Waals surface area contributed by atoms with Gasteiger partial charge in [0.2, 0.25) is 0 Å². The number of rotatable bonds is 5. The van der Waals surface area contributed by atoms with Crippen molar-refractivity contribution >= 4 is 39.9 Å². The number of anilines is 1. The Balaban J connectivity index is 1.62. The molecule has 0 spiro atoms. The fourth-order valence-electron chi connectivity index (χ4n) is 3.43. The zero-order valence-corrected chi connectivity index (χ0v) is 17.2. The van der Waals surface area contributed by atoms with E-state index in [9.17, 15) is 22.8 Å². The van der Waals surface area contributed by atoms with Crippen LogP contribution in [0.4, 0.5) is 18.9 Å². The summed E-state index contributed by atoms with van der Waals surface area (Å²) in [5.74, 6) is -1.85. The standard InChI is InChI=1S/C24H16ClF3N2O2/c25-17-10-8-15(9-11-17)13-30-14-20(19-6-1-2-7-21(19)30)22(31)23(32)29-18-5-3-4-16(12-18)24(26,27)28/h1-12,14H,13H2,(H,29,32). The molecule has 0 aliphatic carbocycles. The summed E-state index contributed by atoms with van der Waals surface area (Å²) in [6, 6.07) is 18.5. The van der Waals surface area contributed by atoms with E-state index < -0.39 is 23.4 Å². The number of nitrogens with zero attached hydrogens (tertiary/aromatic N) is 1. The van der Waals surface area contributed by atoms with Gasteiger partial charge in [0, 0.05) is 34.4 Å². The van der Waals surface area contributed by atoms with Crippen molar-refractivity contribution in [3.8, 4) is 0 Å². The van der Waals surface area contributed by atoms with Gasteiger partial charge in [0.05, 0.1) is 11.1 Å². The molecule has 4 rings (SSSR count). The predicted molar refractivity (Wildman–Crippen MR) is 117 cm³/mol. The van der Waals surface area contributed by atoms with E-state index in [1.54, 1.807) is 30.5 Å². The first kappa shape index (κ1) is 21.6. The van der Waals surface area contributed by atoms with Crippen LogP contribution in [-0.4, -0.2) is 16.3 Å². The monoisotopic (exact) mass is 456 g/mol. The van der Waals surface area contributed by atoms with Gasteiger partial charge in [-0.3, -0.25) is 9.59 Å². The van der Waals surface area contributed by atoms with Crippen LogP contribution < -0.4 is 5.32 Å². The van der Waals surface area contributed by atoms with E-state index in [0.29, 0.717) is 17.0 Å². The van der Waals surface area contributed by atoms with Crippen LogP contribution in [0.2, 0.25) is 5.02 Å². The fraction of sp³-hybridized carbons (Fsp3) is 0.0833. The molecule has 0 atom stereocenters. The molecular weight excluding hydrogens is 441 g/mol. The third-order valence-electron chi connectivity index (χ3n) is 4.95. The summed E-state index contributed by atoms with van der Waals surface area (Å²) in [4.78, 5) is 25.4. The lowest BCUT2D eigenvalue weighted by molar-refractivity contribution is -0.137. The Morgan fingerprint density at radius 3 is 2.38 bits per heavy atom. The van der Waals surface area contributed by atoms with Gasteiger partial charge in [-0.05, 0) is 42.0 Å². The molecule has 32 heavy (non-hydrogen) atoms. The van der Waals surface area contributed by atoms with E-state index in [0.717, 1.165) is 23.2 Å². The lowest BCUT2D eigenvalue weighted by Gasteiger charge is -2.09. The van der Waals surface area contributed by atoms with Gasteiger partial charge >= 0.3 is 6.18 Å². The van der Waals surface area contributed by atoms with Gasteiger partial charge in [-0.25, -0.2) is 0 Å². The van der Waals surface area contributed by atoms with Crippen LogP contribution in [0.25, 0.3) is 10.9 Å². The number of Topliss-reactive ketones (excluding diaryl/α,β-unsaturated/α-hetero) is 1. The molecule has 1 heterocycles. The van der Waals surface area contributed by atoms with Crippen molar-refractivity contribution in [3.63, 3.8) is 0 Å². The molecule has 0 saturated carbocycles. The molecule has 0 unspecified atom stereocenters. The Morgan fingerprint density at radius 1 is 0.938 bits per heavy atom. The van der Waals surface area contributed by atoms with E-state index in [1.165, 1.54) is 12.1 Å². The van der Waals surface area contributed by atoms with Crippen molar-refractivity contribution < 1.29 is 22.8 Å². The summed E-state index contributed by atoms with van der Waals surface area (Å²) < 4.78 is 40.6. The molecule has 3 aromatic carbocycles. The minimum Gasteiger partial charge on any atom is -0.342 e. The van der Waals surface area contributed by atoms with Crippen LogP contribution in [0.5, 0.6) is 0 Å². The number of alkyl halides is 3. The summed E-state index contributed by atoms with van der Waals surface area (Å²) >= 11 is 5.93. The van der Waals surface area contributed by atoms with Gasteiger partial charge < -0.3 is 9.88 Å². The Morgan fingerprint density at radius 2 is 1.66 bits per heavy atom. The molecule has 0 aliphatic rings. The number of benzene rings is 3. The lowest BCUT2D eigenvalue weighted by Crippen LogP contribution is -2.23. The van der Waals surface area contributed by atoms with Gasteiger partial charge in [0.25, 0.3) is 11.7 Å². The van der Waals surface area contributed by atoms with Crippen molar-refractivity contribution in [3.05, 3.63) is 101 Å². The molecule has 8 heteroatoms. The number of amides is 1. The van der Waals surface area contributed by atoms with E-state index in [4.69, 9.17) is 11.6 Å². The minimum absolute atomic E-state index is 0.108. The summed E-state index contributed by atoms with van der Waals surface area (Å²) in [6.45, 7) is 0.445. The summed E-state index contributed by atoms with van der Waals surface area (Å²) in [5.41, 5.74) is 0.838. The highest BCUT2D eigenvalue weighted by molar-refractivity contribution is 6.48. The number of aromatic nitrogens is 1. The van der Waals surface area contributed by atoms with E-state index in [1.807, 2.05) is 28.8 Å². The first-order valence-corrected chi connectivity index (χ1v) is 9.95. The molecule has 1 amide bonds. The number of hydrogen-bond acceptors (Lipinski definition) is 2. The number of ketones is 1. The predicted octanol–water partition coefficient (Wildman–Crippen LogP) is 6.18. The van der Waals surface area contributed by atoms with Crippen molar-refractivity contribution in [2.75, 3.05) is 5.32 Å². The van der Waals surface area contributed by atoms with Gasteiger partial charge in [0.1, 0.15) is 0 Å². The second-order valence-electron chi connectivity index (χ2n) is 7.18. The highest BCUT2D eigenvalue weighted by atomic mass is 35.5. The van der Waals surface area contributed by atoms with Crippen molar-refractivity contribution in [2.24, 2.45) is 0 Å². The number of carbonyl (C=O) groups excluding carboxylic acids is 2. The normalized spacial score (nSPS) is 11.5. The second-order valence-corrected chi connectivity index (χ2v) is 7.61. The summed E-state index contributed by atoms with van der Waals surface area (Å²) in [6.07, 6.45) is -2.98. The van der Waals surface area contributed by atoms with Gasteiger partial charge in [0.15, 0.2) is 0 Å². The average molecular weight is 457 g/mol. The van der Waals surface area contributed by atoms with E-state index in [2.05, 4.69) is 5.32 Å². The Hall–Kier alpha value is -3.58. The highest BCUT2D eigenvalue weighted by Crippen LogP contribution is 2.31. The Bertz CT molecular complexity index is 1310. The van der Waals surface area contributed by atoms with Crippen LogP contribution >= 0.6 is 11.6 Å². The molecule has 4 aromatic rings. The summed E-state index contributed by atoms with van der Waals surface area (Å²) in [5, 5.41) is 3.45. The molecule has 162 valence electrons. The number of para-hydroxylation sites is 1. The first-order valence-electron chi connectivity index (χ1n) is 9.57. The largest absolute Gasteiger partial charge is 0.416 e. The molecule has 0 aliphatic heterocycles. The van der Waals surface area contributed by atoms with Crippen LogP contribution in [0.1, 0.15) is 21.5 Å². The SMILES string of the molecule is O=C(Nc1cccc(C(F)(F)F)c1)C(=O)c1cn(Cc2ccc(Cl)cc2)c2ccccc12.